The molecular formula is C10H20N2O. The van der Waals surface area contributed by atoms with Crippen LogP contribution in [-0.4, -0.2) is 41.8 Å². The summed E-state index contributed by atoms with van der Waals surface area (Å²) in [6, 6.07) is 0. The molecule has 2 unspecified atom stereocenters. The van der Waals surface area contributed by atoms with Gasteiger partial charge in [-0.15, -0.1) is 0 Å². The number of piperidine rings is 1. The number of nitrogens with zero attached hydrogens (tertiary/aromatic N) is 1. The summed E-state index contributed by atoms with van der Waals surface area (Å²) in [6.07, 6.45) is 4.09. The van der Waals surface area contributed by atoms with Gasteiger partial charge in [-0.05, 0) is 45.2 Å². The topological polar surface area (TPSA) is 49.5 Å². The number of hydrogen-bond acceptors (Lipinski definition) is 3. The van der Waals surface area contributed by atoms with Gasteiger partial charge in [0.2, 0.25) is 0 Å². The maximum atomic E-state index is 10.0. The fourth-order valence-corrected chi connectivity index (χ4v) is 2.37. The van der Waals surface area contributed by atoms with Gasteiger partial charge < -0.3 is 15.7 Å². The molecule has 76 valence electrons. The summed E-state index contributed by atoms with van der Waals surface area (Å²) >= 11 is 0. The lowest BCUT2D eigenvalue weighted by Crippen LogP contribution is -2.47. The largest absolute Gasteiger partial charge is 0.391 e. The van der Waals surface area contributed by atoms with Crippen LogP contribution in [0.3, 0.4) is 0 Å². The fourth-order valence-electron chi connectivity index (χ4n) is 2.37. The molecule has 3 nitrogen and oxygen atoms in total. The van der Waals surface area contributed by atoms with Crippen molar-refractivity contribution < 1.29 is 5.11 Å². The zero-order chi connectivity index (χ0) is 9.47. The second-order valence-electron chi connectivity index (χ2n) is 4.84. The van der Waals surface area contributed by atoms with Crippen LogP contribution in [0.5, 0.6) is 0 Å². The minimum Gasteiger partial charge on any atom is -0.391 e. The van der Waals surface area contributed by atoms with E-state index in [1.54, 1.807) is 0 Å². The van der Waals surface area contributed by atoms with Crippen LogP contribution >= 0.6 is 0 Å². The molecule has 0 spiro atoms. The summed E-state index contributed by atoms with van der Waals surface area (Å²) in [4.78, 5) is 2.29. The van der Waals surface area contributed by atoms with E-state index in [-0.39, 0.29) is 11.6 Å². The predicted molar refractivity (Wildman–Crippen MR) is 52.4 cm³/mol. The molecule has 13 heavy (non-hydrogen) atoms. The summed E-state index contributed by atoms with van der Waals surface area (Å²) in [5, 5.41) is 10.0. The minimum atomic E-state index is -0.268. The summed E-state index contributed by atoms with van der Waals surface area (Å²) in [5.74, 6) is 0.409. The highest BCUT2D eigenvalue weighted by molar-refractivity contribution is 5.07. The van der Waals surface area contributed by atoms with E-state index in [9.17, 15) is 5.11 Å². The zero-order valence-electron chi connectivity index (χ0n) is 8.37. The van der Waals surface area contributed by atoms with E-state index < -0.39 is 0 Å². The van der Waals surface area contributed by atoms with Crippen molar-refractivity contribution in [3.63, 3.8) is 0 Å². The lowest BCUT2D eigenvalue weighted by Gasteiger charge is -2.35. The predicted octanol–water partition coefficient (Wildman–Crippen LogP) is 0.180. The maximum Gasteiger partial charge on any atom is 0.0759 e. The first-order chi connectivity index (χ1) is 6.12. The minimum absolute atomic E-state index is 0.219. The molecule has 1 saturated carbocycles. The molecule has 2 fully saturated rings. The third-order valence-electron chi connectivity index (χ3n) is 3.52. The molecule has 0 radical (unpaired) electrons. The van der Waals surface area contributed by atoms with Gasteiger partial charge in [0.1, 0.15) is 0 Å². The highest BCUT2D eigenvalue weighted by Crippen LogP contribution is 2.40. The molecule has 0 amide bonds. The molecular weight excluding hydrogens is 164 g/mol. The number of likely N-dealkylation sites (tertiary alicyclic amines) is 1. The van der Waals surface area contributed by atoms with Crippen molar-refractivity contribution in [2.75, 3.05) is 20.1 Å². The third-order valence-corrected chi connectivity index (χ3v) is 3.52. The van der Waals surface area contributed by atoms with Gasteiger partial charge in [-0.2, -0.15) is 0 Å². The van der Waals surface area contributed by atoms with Crippen molar-refractivity contribution in [3.05, 3.63) is 0 Å². The zero-order valence-corrected chi connectivity index (χ0v) is 8.37. The number of rotatable bonds is 2. The molecule has 2 aliphatic rings. The number of aliphatic hydroxyl groups is 1. The third kappa shape index (κ3) is 1.87. The first kappa shape index (κ1) is 9.44. The maximum absolute atomic E-state index is 10.0. The van der Waals surface area contributed by atoms with Crippen LogP contribution in [0.25, 0.3) is 0 Å². The van der Waals surface area contributed by atoms with Gasteiger partial charge >= 0.3 is 0 Å². The average Bonchev–Trinajstić information content (AvgIpc) is 2.84. The van der Waals surface area contributed by atoms with Crippen molar-refractivity contribution in [2.24, 2.45) is 11.7 Å². The lowest BCUT2D eigenvalue weighted by atomic mass is 9.88. The Balaban J connectivity index is 1.91. The first-order valence-corrected chi connectivity index (χ1v) is 5.27. The Hall–Kier alpha value is -0.120. The number of nitrogens with two attached hydrogens (primary N) is 1. The van der Waals surface area contributed by atoms with Gasteiger partial charge in [-0.1, -0.05) is 0 Å². The molecule has 2 atom stereocenters. The molecule has 1 aliphatic heterocycles. The molecule has 1 heterocycles. The van der Waals surface area contributed by atoms with Gasteiger partial charge in [-0.25, -0.2) is 0 Å². The normalized spacial score (nSPS) is 35.8. The summed E-state index contributed by atoms with van der Waals surface area (Å²) in [5.41, 5.74) is 5.78. The lowest BCUT2D eigenvalue weighted by molar-refractivity contribution is 0.0342. The van der Waals surface area contributed by atoms with Crippen molar-refractivity contribution in [1.29, 1.82) is 0 Å². The standard InChI is InChI=1S/C10H20N2O/c1-12-6-2-3-8(7-12)9(13)10(11)4-5-10/h8-9,13H,2-7,11H2,1H3. The highest BCUT2D eigenvalue weighted by Gasteiger charge is 2.48. The van der Waals surface area contributed by atoms with E-state index in [1.807, 2.05) is 0 Å². The molecule has 0 aromatic heterocycles. The Bertz CT molecular complexity index is 191. The van der Waals surface area contributed by atoms with E-state index in [0.717, 1.165) is 25.8 Å². The highest BCUT2D eigenvalue weighted by atomic mass is 16.3. The van der Waals surface area contributed by atoms with Crippen molar-refractivity contribution in [1.82, 2.24) is 4.90 Å². The second kappa shape index (κ2) is 3.23. The fraction of sp³-hybridized carbons (Fsp3) is 1.00. The molecule has 0 bridgehead atoms. The molecule has 1 saturated heterocycles. The monoisotopic (exact) mass is 184 g/mol. The van der Waals surface area contributed by atoms with Crippen LogP contribution in [0.4, 0.5) is 0 Å². The Morgan fingerprint density at radius 1 is 1.54 bits per heavy atom. The van der Waals surface area contributed by atoms with E-state index in [4.69, 9.17) is 5.73 Å². The summed E-state index contributed by atoms with van der Waals surface area (Å²) < 4.78 is 0. The molecule has 0 aromatic carbocycles. The van der Waals surface area contributed by atoms with Crippen LogP contribution in [0.15, 0.2) is 0 Å². The Kier molecular flexibility index (Phi) is 2.34. The summed E-state index contributed by atoms with van der Waals surface area (Å²) in [6.45, 7) is 2.18. The Morgan fingerprint density at radius 3 is 2.77 bits per heavy atom. The van der Waals surface area contributed by atoms with Crippen molar-refractivity contribution in [3.8, 4) is 0 Å². The molecule has 0 aromatic rings. The Morgan fingerprint density at radius 2 is 2.23 bits per heavy atom. The van der Waals surface area contributed by atoms with Crippen LogP contribution in [-0.2, 0) is 0 Å². The smallest absolute Gasteiger partial charge is 0.0759 e. The van der Waals surface area contributed by atoms with Crippen molar-refractivity contribution in [2.45, 2.75) is 37.3 Å². The number of aliphatic hydroxyl groups excluding tert-OH is 1. The van der Waals surface area contributed by atoms with E-state index in [2.05, 4.69) is 11.9 Å². The first-order valence-electron chi connectivity index (χ1n) is 5.27. The van der Waals surface area contributed by atoms with Gasteiger partial charge in [0, 0.05) is 12.1 Å². The van der Waals surface area contributed by atoms with E-state index >= 15 is 0 Å². The molecule has 2 rings (SSSR count). The van der Waals surface area contributed by atoms with Crippen LogP contribution in [0.2, 0.25) is 0 Å². The number of hydrogen-bond donors (Lipinski definition) is 2. The SMILES string of the molecule is CN1CCCC(C(O)C2(N)CC2)C1. The summed E-state index contributed by atoms with van der Waals surface area (Å²) in [7, 11) is 2.12. The van der Waals surface area contributed by atoms with Gasteiger partial charge in [0.15, 0.2) is 0 Å². The van der Waals surface area contributed by atoms with Gasteiger partial charge in [0.05, 0.1) is 6.10 Å². The second-order valence-corrected chi connectivity index (χ2v) is 4.84. The molecule has 1 aliphatic carbocycles. The van der Waals surface area contributed by atoms with Crippen LogP contribution in [0.1, 0.15) is 25.7 Å². The van der Waals surface area contributed by atoms with Crippen LogP contribution < -0.4 is 5.73 Å². The van der Waals surface area contributed by atoms with E-state index in [1.165, 1.54) is 13.0 Å². The molecule has 3 N–H and O–H groups in total. The molecule has 3 heteroatoms. The van der Waals surface area contributed by atoms with Gasteiger partial charge in [-0.3, -0.25) is 0 Å². The van der Waals surface area contributed by atoms with Crippen molar-refractivity contribution >= 4 is 0 Å². The average molecular weight is 184 g/mol. The Labute approximate surface area is 79.9 Å². The van der Waals surface area contributed by atoms with Crippen LogP contribution in [0, 0.1) is 5.92 Å². The van der Waals surface area contributed by atoms with E-state index in [0.29, 0.717) is 5.92 Å². The van der Waals surface area contributed by atoms with Gasteiger partial charge in [0.25, 0.3) is 0 Å². The quantitative estimate of drug-likeness (QED) is 0.643.